The highest BCUT2D eigenvalue weighted by molar-refractivity contribution is 5.73. The van der Waals surface area contributed by atoms with E-state index < -0.39 is 12.0 Å². The van der Waals surface area contributed by atoms with Crippen LogP contribution in [0.15, 0.2) is 0 Å². The number of hydrogen-bond donors (Lipinski definition) is 2. The molecule has 1 aliphatic heterocycles. The Labute approximate surface area is 89.8 Å². The summed E-state index contributed by atoms with van der Waals surface area (Å²) in [5, 5.41) is 12.1. The summed E-state index contributed by atoms with van der Waals surface area (Å²) in [6.45, 7) is 2.44. The molecule has 1 heterocycles. The molecule has 1 rings (SSSR count). The lowest BCUT2D eigenvalue weighted by Crippen LogP contribution is -2.45. The van der Waals surface area contributed by atoms with E-state index in [1.54, 1.807) is 7.11 Å². The Morgan fingerprint density at radius 2 is 2.27 bits per heavy atom. The first-order valence-corrected chi connectivity index (χ1v) is 5.28. The number of carbonyl (C=O) groups is 1. The van der Waals surface area contributed by atoms with Crippen LogP contribution < -0.4 is 5.32 Å². The molecule has 0 saturated carbocycles. The van der Waals surface area contributed by atoms with Gasteiger partial charge in [-0.1, -0.05) is 0 Å². The Balaban J connectivity index is 2.37. The molecular weight excluding hydrogens is 198 g/mol. The van der Waals surface area contributed by atoms with Crippen LogP contribution in [0.1, 0.15) is 12.8 Å². The average molecular weight is 217 g/mol. The molecule has 0 amide bonds. The summed E-state index contributed by atoms with van der Waals surface area (Å²) in [4.78, 5) is 11.0. The fourth-order valence-electron chi connectivity index (χ4n) is 1.82. The first kappa shape index (κ1) is 12.4. The van der Waals surface area contributed by atoms with E-state index in [9.17, 15) is 4.79 Å². The maximum atomic E-state index is 11.0. The van der Waals surface area contributed by atoms with Crippen molar-refractivity contribution in [3.8, 4) is 0 Å². The number of nitrogens with one attached hydrogen (secondary N) is 1. The van der Waals surface area contributed by atoms with Gasteiger partial charge in [0.2, 0.25) is 0 Å². The molecule has 2 N–H and O–H groups in total. The SMILES string of the molecule is COCCNC(C(=O)O)C1CCOCC1. The van der Waals surface area contributed by atoms with E-state index in [4.69, 9.17) is 14.6 Å². The van der Waals surface area contributed by atoms with E-state index in [0.717, 1.165) is 12.8 Å². The van der Waals surface area contributed by atoms with Gasteiger partial charge >= 0.3 is 5.97 Å². The van der Waals surface area contributed by atoms with Gasteiger partial charge in [0.1, 0.15) is 6.04 Å². The van der Waals surface area contributed by atoms with Crippen molar-refractivity contribution in [3.05, 3.63) is 0 Å². The van der Waals surface area contributed by atoms with Gasteiger partial charge in [-0.2, -0.15) is 0 Å². The average Bonchev–Trinajstić information content (AvgIpc) is 2.25. The van der Waals surface area contributed by atoms with Gasteiger partial charge < -0.3 is 19.9 Å². The topological polar surface area (TPSA) is 67.8 Å². The number of ether oxygens (including phenoxy) is 2. The van der Waals surface area contributed by atoms with Gasteiger partial charge in [0, 0.05) is 26.9 Å². The lowest BCUT2D eigenvalue weighted by Gasteiger charge is -2.28. The van der Waals surface area contributed by atoms with Crippen LogP contribution in [0.3, 0.4) is 0 Å². The molecule has 0 radical (unpaired) electrons. The Bertz CT molecular complexity index is 192. The van der Waals surface area contributed by atoms with Crippen LogP contribution in [0.4, 0.5) is 0 Å². The highest BCUT2D eigenvalue weighted by Gasteiger charge is 2.28. The van der Waals surface area contributed by atoms with Gasteiger partial charge in [-0.25, -0.2) is 0 Å². The van der Waals surface area contributed by atoms with Crippen LogP contribution in [0.2, 0.25) is 0 Å². The van der Waals surface area contributed by atoms with Crippen molar-refractivity contribution in [1.29, 1.82) is 0 Å². The molecule has 0 aliphatic carbocycles. The van der Waals surface area contributed by atoms with Crippen molar-refractivity contribution < 1.29 is 19.4 Å². The number of rotatable bonds is 6. The maximum absolute atomic E-state index is 11.0. The molecule has 15 heavy (non-hydrogen) atoms. The third-order valence-electron chi connectivity index (χ3n) is 2.67. The van der Waals surface area contributed by atoms with Crippen molar-refractivity contribution >= 4 is 5.97 Å². The summed E-state index contributed by atoms with van der Waals surface area (Å²) in [5.74, 6) is -0.605. The fraction of sp³-hybridized carbons (Fsp3) is 0.900. The summed E-state index contributed by atoms with van der Waals surface area (Å²) in [5.41, 5.74) is 0. The van der Waals surface area contributed by atoms with E-state index in [0.29, 0.717) is 26.4 Å². The van der Waals surface area contributed by atoms with Gasteiger partial charge in [-0.05, 0) is 18.8 Å². The zero-order valence-electron chi connectivity index (χ0n) is 9.07. The predicted octanol–water partition coefficient (Wildman–Crippen LogP) is 0.102. The van der Waals surface area contributed by atoms with Crippen LogP contribution in [-0.4, -0.2) is 50.6 Å². The molecule has 1 aliphatic rings. The Hall–Kier alpha value is -0.650. The fourth-order valence-corrected chi connectivity index (χ4v) is 1.82. The largest absolute Gasteiger partial charge is 0.480 e. The molecule has 88 valence electrons. The van der Waals surface area contributed by atoms with Crippen LogP contribution in [0, 0.1) is 5.92 Å². The number of aliphatic carboxylic acids is 1. The molecule has 1 saturated heterocycles. The third kappa shape index (κ3) is 4.15. The zero-order valence-corrected chi connectivity index (χ0v) is 9.07. The number of carboxylic acid groups (broad SMARTS) is 1. The minimum atomic E-state index is -0.780. The highest BCUT2D eigenvalue weighted by Crippen LogP contribution is 2.18. The molecular formula is C10H19NO4. The normalized spacial score (nSPS) is 20.1. The first-order chi connectivity index (χ1) is 7.25. The van der Waals surface area contributed by atoms with Gasteiger partial charge in [0.25, 0.3) is 0 Å². The number of methoxy groups -OCH3 is 1. The summed E-state index contributed by atoms with van der Waals surface area (Å²) in [7, 11) is 1.60. The van der Waals surface area contributed by atoms with E-state index in [2.05, 4.69) is 5.32 Å². The summed E-state index contributed by atoms with van der Waals surface area (Å²) >= 11 is 0. The number of carboxylic acids is 1. The Morgan fingerprint density at radius 1 is 1.60 bits per heavy atom. The second kappa shape index (κ2) is 6.76. The summed E-state index contributed by atoms with van der Waals surface area (Å²) in [6.07, 6.45) is 1.63. The van der Waals surface area contributed by atoms with Gasteiger partial charge in [-0.3, -0.25) is 4.79 Å². The Morgan fingerprint density at radius 3 is 2.80 bits per heavy atom. The highest BCUT2D eigenvalue weighted by atomic mass is 16.5. The van der Waals surface area contributed by atoms with Gasteiger partial charge in [0.15, 0.2) is 0 Å². The molecule has 0 aromatic heterocycles. The second-order valence-corrected chi connectivity index (χ2v) is 3.71. The van der Waals surface area contributed by atoms with Crippen molar-refractivity contribution in [1.82, 2.24) is 5.32 Å². The molecule has 1 fully saturated rings. The van der Waals surface area contributed by atoms with Crippen molar-refractivity contribution in [2.75, 3.05) is 33.5 Å². The van der Waals surface area contributed by atoms with Gasteiger partial charge in [-0.15, -0.1) is 0 Å². The lowest BCUT2D eigenvalue weighted by atomic mass is 9.92. The van der Waals surface area contributed by atoms with Crippen LogP contribution in [-0.2, 0) is 14.3 Å². The summed E-state index contributed by atoms with van der Waals surface area (Å²) in [6, 6.07) is -0.468. The molecule has 5 heteroatoms. The predicted molar refractivity (Wildman–Crippen MR) is 54.8 cm³/mol. The monoisotopic (exact) mass is 217 g/mol. The lowest BCUT2D eigenvalue weighted by molar-refractivity contribution is -0.142. The first-order valence-electron chi connectivity index (χ1n) is 5.28. The molecule has 0 aromatic rings. The molecule has 0 spiro atoms. The Kier molecular flexibility index (Phi) is 5.60. The minimum Gasteiger partial charge on any atom is -0.480 e. The molecule has 0 aromatic carbocycles. The zero-order chi connectivity index (χ0) is 11.1. The second-order valence-electron chi connectivity index (χ2n) is 3.71. The van der Waals surface area contributed by atoms with Crippen molar-refractivity contribution in [2.24, 2.45) is 5.92 Å². The van der Waals surface area contributed by atoms with Crippen LogP contribution >= 0.6 is 0 Å². The van der Waals surface area contributed by atoms with E-state index in [1.807, 2.05) is 0 Å². The minimum absolute atomic E-state index is 0.174. The maximum Gasteiger partial charge on any atom is 0.320 e. The smallest absolute Gasteiger partial charge is 0.320 e. The van der Waals surface area contributed by atoms with E-state index in [1.165, 1.54) is 0 Å². The molecule has 5 nitrogen and oxygen atoms in total. The third-order valence-corrected chi connectivity index (χ3v) is 2.67. The van der Waals surface area contributed by atoms with Crippen molar-refractivity contribution in [2.45, 2.75) is 18.9 Å². The summed E-state index contributed by atoms with van der Waals surface area (Å²) < 4.78 is 10.1. The van der Waals surface area contributed by atoms with Crippen molar-refractivity contribution in [3.63, 3.8) is 0 Å². The molecule has 1 unspecified atom stereocenters. The van der Waals surface area contributed by atoms with E-state index in [-0.39, 0.29) is 5.92 Å². The van der Waals surface area contributed by atoms with E-state index >= 15 is 0 Å². The molecule has 1 atom stereocenters. The van der Waals surface area contributed by atoms with Crippen LogP contribution in [0.5, 0.6) is 0 Å². The number of hydrogen-bond acceptors (Lipinski definition) is 4. The quantitative estimate of drug-likeness (QED) is 0.618. The molecule has 0 bridgehead atoms. The van der Waals surface area contributed by atoms with Crippen LogP contribution in [0.25, 0.3) is 0 Å². The van der Waals surface area contributed by atoms with Gasteiger partial charge in [0.05, 0.1) is 6.61 Å². The standard InChI is InChI=1S/C10H19NO4/c1-14-7-4-11-9(10(12)13)8-2-5-15-6-3-8/h8-9,11H,2-7H2,1H3,(H,12,13).